The molecule has 1 aliphatic heterocycles. The van der Waals surface area contributed by atoms with Gasteiger partial charge in [-0.15, -0.1) is 0 Å². The van der Waals surface area contributed by atoms with Crippen molar-refractivity contribution in [1.82, 2.24) is 10.3 Å². The molecule has 0 aliphatic carbocycles. The smallest absolute Gasteiger partial charge is 0.0340 e. The summed E-state index contributed by atoms with van der Waals surface area (Å²) in [4.78, 5) is 4.07. The molecule has 1 unspecified atom stereocenters. The van der Waals surface area contributed by atoms with E-state index in [4.69, 9.17) is 0 Å². The third-order valence-electron chi connectivity index (χ3n) is 2.58. The molecule has 1 aromatic rings. The first-order chi connectivity index (χ1) is 6.95. The van der Waals surface area contributed by atoms with Gasteiger partial charge in [0.1, 0.15) is 0 Å². The Morgan fingerprint density at radius 2 is 2.57 bits per heavy atom. The van der Waals surface area contributed by atoms with Gasteiger partial charge in [-0.25, -0.2) is 0 Å². The Kier molecular flexibility index (Phi) is 3.30. The fourth-order valence-corrected chi connectivity index (χ4v) is 1.80. The number of hydrogen-bond donors (Lipinski definition) is 1. The Morgan fingerprint density at radius 1 is 1.57 bits per heavy atom. The Morgan fingerprint density at radius 3 is 3.29 bits per heavy atom. The van der Waals surface area contributed by atoms with Gasteiger partial charge >= 0.3 is 0 Å². The van der Waals surface area contributed by atoms with Crippen molar-refractivity contribution in [2.75, 3.05) is 6.54 Å². The standard InChI is InChI=1S/C12H16N2/c1(6-12-7-3-9-14-12)4-11-5-2-8-13-10-11/h1-2,4-5,8,10,12,14H,3,6-7,9H2. The van der Waals surface area contributed by atoms with E-state index in [1.807, 2.05) is 12.3 Å². The second-order valence-corrected chi connectivity index (χ2v) is 3.72. The van der Waals surface area contributed by atoms with Crippen LogP contribution >= 0.6 is 0 Å². The summed E-state index contributed by atoms with van der Waals surface area (Å²) < 4.78 is 0. The predicted octanol–water partition coefficient (Wildman–Crippen LogP) is 2.24. The highest BCUT2D eigenvalue weighted by molar-refractivity contribution is 5.47. The maximum absolute atomic E-state index is 4.07. The van der Waals surface area contributed by atoms with E-state index in [1.54, 1.807) is 6.20 Å². The van der Waals surface area contributed by atoms with Crippen molar-refractivity contribution in [3.8, 4) is 0 Å². The van der Waals surface area contributed by atoms with Gasteiger partial charge in [0.2, 0.25) is 0 Å². The van der Waals surface area contributed by atoms with E-state index in [9.17, 15) is 0 Å². The topological polar surface area (TPSA) is 24.9 Å². The number of pyridine rings is 1. The predicted molar refractivity (Wildman–Crippen MR) is 58.9 cm³/mol. The molecule has 1 fully saturated rings. The van der Waals surface area contributed by atoms with Crippen molar-refractivity contribution in [2.24, 2.45) is 0 Å². The lowest BCUT2D eigenvalue weighted by Gasteiger charge is -2.04. The molecule has 1 aliphatic rings. The Labute approximate surface area is 85.1 Å². The first-order valence-corrected chi connectivity index (χ1v) is 5.25. The van der Waals surface area contributed by atoms with Crippen molar-refractivity contribution in [3.63, 3.8) is 0 Å². The Bertz CT molecular complexity index is 286. The highest BCUT2D eigenvalue weighted by atomic mass is 14.9. The summed E-state index contributed by atoms with van der Waals surface area (Å²) in [6.07, 6.45) is 11.8. The van der Waals surface area contributed by atoms with Gasteiger partial charge in [0.25, 0.3) is 0 Å². The molecule has 0 spiro atoms. The van der Waals surface area contributed by atoms with Crippen LogP contribution in [-0.2, 0) is 0 Å². The van der Waals surface area contributed by atoms with Crippen LogP contribution in [0.25, 0.3) is 6.08 Å². The minimum absolute atomic E-state index is 0.697. The summed E-state index contributed by atoms with van der Waals surface area (Å²) in [7, 11) is 0. The molecule has 2 heterocycles. The van der Waals surface area contributed by atoms with Crippen LogP contribution in [0.5, 0.6) is 0 Å². The van der Waals surface area contributed by atoms with Gasteiger partial charge in [0.05, 0.1) is 0 Å². The van der Waals surface area contributed by atoms with Crippen LogP contribution in [0, 0.1) is 0 Å². The van der Waals surface area contributed by atoms with Gasteiger partial charge in [0.15, 0.2) is 0 Å². The van der Waals surface area contributed by atoms with Gasteiger partial charge < -0.3 is 5.32 Å². The lowest BCUT2D eigenvalue weighted by molar-refractivity contribution is 0.615. The SMILES string of the molecule is C(=Cc1cccnc1)CC1CCCN1. The molecule has 2 nitrogen and oxygen atoms in total. The van der Waals surface area contributed by atoms with Crippen LogP contribution in [-0.4, -0.2) is 17.6 Å². The van der Waals surface area contributed by atoms with Crippen molar-refractivity contribution in [3.05, 3.63) is 36.2 Å². The zero-order chi connectivity index (χ0) is 9.64. The van der Waals surface area contributed by atoms with E-state index >= 15 is 0 Å². The van der Waals surface area contributed by atoms with Crippen LogP contribution < -0.4 is 5.32 Å². The lowest BCUT2D eigenvalue weighted by Crippen LogP contribution is -2.19. The van der Waals surface area contributed by atoms with Crippen molar-refractivity contribution >= 4 is 6.08 Å². The molecule has 2 rings (SSSR count). The Balaban J connectivity index is 1.82. The molecule has 1 N–H and O–H groups in total. The second-order valence-electron chi connectivity index (χ2n) is 3.72. The maximum atomic E-state index is 4.07. The zero-order valence-electron chi connectivity index (χ0n) is 8.32. The van der Waals surface area contributed by atoms with E-state index < -0.39 is 0 Å². The van der Waals surface area contributed by atoms with E-state index in [-0.39, 0.29) is 0 Å². The molecule has 0 bridgehead atoms. The first kappa shape index (κ1) is 9.41. The Hall–Kier alpha value is -1.15. The quantitative estimate of drug-likeness (QED) is 0.787. The van der Waals surface area contributed by atoms with Crippen LogP contribution in [0.1, 0.15) is 24.8 Å². The molecule has 0 radical (unpaired) electrons. The number of aromatic nitrogens is 1. The summed E-state index contributed by atoms with van der Waals surface area (Å²) in [6, 6.07) is 4.74. The number of nitrogens with zero attached hydrogens (tertiary/aromatic N) is 1. The molecule has 1 saturated heterocycles. The molecule has 1 atom stereocenters. The summed E-state index contributed by atoms with van der Waals surface area (Å²) in [5.74, 6) is 0. The molecule has 2 heteroatoms. The van der Waals surface area contributed by atoms with Gasteiger partial charge in [-0.3, -0.25) is 4.98 Å². The largest absolute Gasteiger partial charge is 0.314 e. The van der Waals surface area contributed by atoms with Crippen LogP contribution in [0.4, 0.5) is 0 Å². The normalized spacial score (nSPS) is 21.9. The molecule has 0 aromatic carbocycles. The molecular weight excluding hydrogens is 172 g/mol. The molecular formula is C12H16N2. The summed E-state index contributed by atoms with van der Waals surface area (Å²) in [5.41, 5.74) is 1.19. The molecule has 74 valence electrons. The van der Waals surface area contributed by atoms with Crippen LogP contribution in [0.15, 0.2) is 30.6 Å². The molecule has 14 heavy (non-hydrogen) atoms. The summed E-state index contributed by atoms with van der Waals surface area (Å²) in [5, 5.41) is 3.48. The van der Waals surface area contributed by atoms with Crippen LogP contribution in [0.3, 0.4) is 0 Å². The average molecular weight is 188 g/mol. The van der Waals surface area contributed by atoms with Gasteiger partial charge in [-0.05, 0) is 37.4 Å². The number of rotatable bonds is 3. The second kappa shape index (κ2) is 4.91. The van der Waals surface area contributed by atoms with Gasteiger partial charge in [-0.2, -0.15) is 0 Å². The number of hydrogen-bond acceptors (Lipinski definition) is 2. The van der Waals surface area contributed by atoms with Crippen molar-refractivity contribution < 1.29 is 0 Å². The monoisotopic (exact) mass is 188 g/mol. The van der Waals surface area contributed by atoms with E-state index in [1.165, 1.54) is 24.9 Å². The fraction of sp³-hybridized carbons (Fsp3) is 0.417. The maximum Gasteiger partial charge on any atom is 0.0340 e. The van der Waals surface area contributed by atoms with Crippen LogP contribution in [0.2, 0.25) is 0 Å². The lowest BCUT2D eigenvalue weighted by atomic mass is 10.1. The zero-order valence-corrected chi connectivity index (χ0v) is 8.32. The minimum Gasteiger partial charge on any atom is -0.314 e. The molecule has 0 saturated carbocycles. The first-order valence-electron chi connectivity index (χ1n) is 5.25. The van der Waals surface area contributed by atoms with Crippen molar-refractivity contribution in [2.45, 2.75) is 25.3 Å². The third-order valence-corrected chi connectivity index (χ3v) is 2.58. The highest BCUT2D eigenvalue weighted by Gasteiger charge is 2.11. The highest BCUT2D eigenvalue weighted by Crippen LogP contribution is 2.10. The number of nitrogens with one attached hydrogen (secondary N) is 1. The third kappa shape index (κ3) is 2.67. The summed E-state index contributed by atoms with van der Waals surface area (Å²) >= 11 is 0. The minimum atomic E-state index is 0.697. The summed E-state index contributed by atoms with van der Waals surface area (Å²) in [6.45, 7) is 1.19. The van der Waals surface area contributed by atoms with E-state index in [2.05, 4.69) is 28.5 Å². The van der Waals surface area contributed by atoms with Gasteiger partial charge in [0, 0.05) is 18.4 Å². The van der Waals surface area contributed by atoms with Crippen molar-refractivity contribution in [1.29, 1.82) is 0 Å². The average Bonchev–Trinajstić information content (AvgIpc) is 2.72. The van der Waals surface area contributed by atoms with E-state index in [0.29, 0.717) is 6.04 Å². The molecule has 0 amide bonds. The van der Waals surface area contributed by atoms with E-state index in [0.717, 1.165) is 6.42 Å². The van der Waals surface area contributed by atoms with Gasteiger partial charge in [-0.1, -0.05) is 18.2 Å². The fourth-order valence-electron chi connectivity index (χ4n) is 1.80. The molecule has 1 aromatic heterocycles.